The summed E-state index contributed by atoms with van der Waals surface area (Å²) in [5, 5.41) is 9.88. The molecule has 0 N–H and O–H groups in total. The van der Waals surface area contributed by atoms with E-state index in [0.717, 1.165) is 54.6 Å². The fraction of sp³-hybridized carbons (Fsp3) is 0.0357. The predicted octanol–water partition coefficient (Wildman–Crippen LogP) is 6.98. The van der Waals surface area contributed by atoms with Crippen LogP contribution in [0.2, 0.25) is 0 Å². The standard InChI is InChI=1S/C28H19N4S.Ir/c1-19-30-26-24(16-9-17-25(26)33-19)28-31-29-18-32(28)27-22(20-10-4-2-5-11-20)14-8-15-23(27)21-12-6-3-7-13-21;/h2-15,17-18H,1H3;/q-1;. The van der Waals surface area contributed by atoms with Crippen LogP contribution in [0, 0.1) is 13.0 Å². The van der Waals surface area contributed by atoms with Gasteiger partial charge in [-0.1, -0.05) is 84.4 Å². The molecule has 0 spiro atoms. The first kappa shape index (κ1) is 22.4. The molecule has 2 aromatic heterocycles. The Balaban J connectivity index is 0.00000241. The van der Waals surface area contributed by atoms with Crippen LogP contribution in [-0.4, -0.2) is 19.7 Å². The van der Waals surface area contributed by atoms with E-state index in [9.17, 15) is 0 Å². The number of benzene rings is 4. The number of aryl methyl sites for hydroxylation is 1. The molecule has 0 fully saturated rings. The zero-order chi connectivity index (χ0) is 22.2. The molecule has 2 heterocycles. The van der Waals surface area contributed by atoms with E-state index in [0.29, 0.717) is 0 Å². The summed E-state index contributed by atoms with van der Waals surface area (Å²) in [5.74, 6) is 0.728. The topological polar surface area (TPSA) is 43.6 Å². The van der Waals surface area contributed by atoms with Crippen LogP contribution in [-0.2, 0) is 20.1 Å². The van der Waals surface area contributed by atoms with Crippen LogP contribution in [0.25, 0.3) is 49.5 Å². The van der Waals surface area contributed by atoms with E-state index in [1.54, 1.807) is 17.7 Å². The number of para-hydroxylation sites is 1. The second kappa shape index (κ2) is 9.43. The number of fused-ring (bicyclic) bond motifs is 1. The van der Waals surface area contributed by atoms with Gasteiger partial charge in [0.1, 0.15) is 6.33 Å². The van der Waals surface area contributed by atoms with Gasteiger partial charge in [0.25, 0.3) is 0 Å². The summed E-state index contributed by atoms with van der Waals surface area (Å²) in [6.07, 6.45) is 1.79. The molecule has 6 aromatic rings. The van der Waals surface area contributed by atoms with Crippen LogP contribution in [0.15, 0.2) is 97.3 Å². The van der Waals surface area contributed by atoms with Gasteiger partial charge in [0.05, 0.1) is 16.5 Å². The molecule has 1 radical (unpaired) electrons. The van der Waals surface area contributed by atoms with Gasteiger partial charge in [-0.05, 0) is 22.8 Å². The average molecular weight is 636 g/mol. The van der Waals surface area contributed by atoms with Gasteiger partial charge in [-0.2, -0.15) is 5.10 Å². The molecule has 0 amide bonds. The van der Waals surface area contributed by atoms with Crippen LogP contribution in [0.4, 0.5) is 0 Å². The van der Waals surface area contributed by atoms with Gasteiger partial charge in [-0.15, -0.1) is 34.6 Å². The first-order chi connectivity index (χ1) is 16.3. The Morgan fingerprint density at radius 3 is 2.09 bits per heavy atom. The van der Waals surface area contributed by atoms with E-state index in [1.165, 1.54) is 0 Å². The van der Waals surface area contributed by atoms with Crippen molar-refractivity contribution < 1.29 is 20.1 Å². The molecule has 4 nitrogen and oxygen atoms in total. The SMILES string of the molecule is Cc1nc2c(-c3nncn3-c3c(-c4ccccc4)cccc3-c3ccccc3)[c-]ccc2s1.[Ir]. The van der Waals surface area contributed by atoms with Crippen molar-refractivity contribution >= 4 is 21.6 Å². The molecule has 34 heavy (non-hydrogen) atoms. The number of aromatic nitrogens is 4. The quantitative estimate of drug-likeness (QED) is 0.196. The monoisotopic (exact) mass is 636 g/mol. The number of rotatable bonds is 4. The summed E-state index contributed by atoms with van der Waals surface area (Å²) >= 11 is 1.68. The van der Waals surface area contributed by atoms with Crippen molar-refractivity contribution in [2.45, 2.75) is 6.92 Å². The fourth-order valence-corrected chi connectivity index (χ4v) is 5.08. The minimum atomic E-state index is 0. The third-order valence-electron chi connectivity index (χ3n) is 5.68. The van der Waals surface area contributed by atoms with Crippen LogP contribution in [0.1, 0.15) is 5.01 Å². The van der Waals surface area contributed by atoms with Crippen molar-refractivity contribution in [2.24, 2.45) is 0 Å². The molecule has 4 aromatic carbocycles. The van der Waals surface area contributed by atoms with E-state index >= 15 is 0 Å². The van der Waals surface area contributed by atoms with E-state index in [-0.39, 0.29) is 20.1 Å². The maximum Gasteiger partial charge on any atom is 0.115 e. The Bertz CT molecular complexity index is 1510. The largest absolute Gasteiger partial charge is 0.321 e. The second-order valence-electron chi connectivity index (χ2n) is 7.76. The molecule has 6 heteroatoms. The van der Waals surface area contributed by atoms with Crippen molar-refractivity contribution in [2.75, 3.05) is 0 Å². The molecule has 0 aliphatic rings. The van der Waals surface area contributed by atoms with Gasteiger partial charge >= 0.3 is 0 Å². The van der Waals surface area contributed by atoms with Gasteiger partial charge in [-0.25, -0.2) is 0 Å². The third kappa shape index (κ3) is 3.90. The second-order valence-corrected chi connectivity index (χ2v) is 8.99. The molecule has 0 aliphatic carbocycles. The Hall–Kier alpha value is -3.44. The zero-order valence-corrected chi connectivity index (χ0v) is 21.5. The van der Waals surface area contributed by atoms with Crippen molar-refractivity contribution in [3.8, 4) is 39.3 Å². The Labute approximate surface area is 215 Å². The summed E-state index contributed by atoms with van der Waals surface area (Å²) < 4.78 is 3.19. The van der Waals surface area contributed by atoms with Gasteiger partial charge in [-0.3, -0.25) is 4.98 Å². The molecule has 0 unspecified atom stereocenters. The molecule has 167 valence electrons. The van der Waals surface area contributed by atoms with Gasteiger partial charge in [0.2, 0.25) is 0 Å². The first-order valence-corrected chi connectivity index (χ1v) is 11.5. The summed E-state index contributed by atoms with van der Waals surface area (Å²) in [6.45, 7) is 2.03. The third-order valence-corrected chi connectivity index (χ3v) is 6.61. The maximum absolute atomic E-state index is 4.77. The molecule has 6 rings (SSSR count). The Morgan fingerprint density at radius 2 is 1.44 bits per heavy atom. The van der Waals surface area contributed by atoms with Gasteiger partial charge < -0.3 is 4.57 Å². The van der Waals surface area contributed by atoms with Crippen LogP contribution >= 0.6 is 11.3 Å². The molecular weight excluding hydrogens is 617 g/mol. The summed E-state index contributed by atoms with van der Waals surface area (Å²) in [6, 6.07) is 34.6. The van der Waals surface area contributed by atoms with E-state index in [4.69, 9.17) is 4.98 Å². The number of nitrogens with zero attached hydrogens (tertiary/aromatic N) is 4. The van der Waals surface area contributed by atoms with Crippen molar-refractivity contribution in [1.29, 1.82) is 0 Å². The number of hydrogen-bond acceptors (Lipinski definition) is 4. The van der Waals surface area contributed by atoms with Gasteiger partial charge in [0, 0.05) is 36.7 Å². The minimum Gasteiger partial charge on any atom is -0.321 e. The molecule has 0 aliphatic heterocycles. The molecular formula is C28H19IrN4S-. The Morgan fingerprint density at radius 1 is 0.794 bits per heavy atom. The van der Waals surface area contributed by atoms with Crippen molar-refractivity contribution in [3.63, 3.8) is 0 Å². The van der Waals surface area contributed by atoms with E-state index in [2.05, 4.69) is 93.6 Å². The molecule has 0 saturated heterocycles. The minimum absolute atomic E-state index is 0. The van der Waals surface area contributed by atoms with Crippen LogP contribution in [0.5, 0.6) is 0 Å². The fourth-order valence-electron chi connectivity index (χ4n) is 4.25. The Kier molecular flexibility index (Phi) is 6.20. The molecule has 0 atom stereocenters. The first-order valence-electron chi connectivity index (χ1n) is 10.7. The summed E-state index contributed by atoms with van der Waals surface area (Å²) in [5.41, 5.74) is 7.30. The number of hydrogen-bond donors (Lipinski definition) is 0. The zero-order valence-electron chi connectivity index (χ0n) is 18.3. The molecule has 0 bridgehead atoms. The van der Waals surface area contributed by atoms with Crippen LogP contribution in [0.3, 0.4) is 0 Å². The predicted molar refractivity (Wildman–Crippen MR) is 134 cm³/mol. The van der Waals surface area contributed by atoms with E-state index < -0.39 is 0 Å². The van der Waals surface area contributed by atoms with Crippen LogP contribution < -0.4 is 0 Å². The van der Waals surface area contributed by atoms with Gasteiger partial charge in [0.15, 0.2) is 0 Å². The maximum atomic E-state index is 4.77. The summed E-state index contributed by atoms with van der Waals surface area (Å²) in [7, 11) is 0. The summed E-state index contributed by atoms with van der Waals surface area (Å²) in [4.78, 5) is 4.77. The van der Waals surface area contributed by atoms with E-state index in [1.807, 2.05) is 25.1 Å². The van der Waals surface area contributed by atoms with Crippen molar-refractivity contribution in [1.82, 2.24) is 19.7 Å². The van der Waals surface area contributed by atoms with Crippen molar-refractivity contribution in [3.05, 3.63) is 108 Å². The number of thiazole rings is 1. The smallest absolute Gasteiger partial charge is 0.115 e. The molecule has 0 saturated carbocycles. The normalized spacial score (nSPS) is 10.9. The average Bonchev–Trinajstić information content (AvgIpc) is 3.50.